The number of nitriles is 1. The summed E-state index contributed by atoms with van der Waals surface area (Å²) in [6.07, 6.45) is 3.36. The molecule has 1 aliphatic heterocycles. The maximum Gasteiger partial charge on any atom is 0.163 e. The average molecular weight is 458 g/mol. The number of anilines is 2. The molecule has 0 atom stereocenters. The van der Waals surface area contributed by atoms with E-state index >= 15 is 0 Å². The molecule has 34 heavy (non-hydrogen) atoms. The van der Waals surface area contributed by atoms with Crippen LogP contribution < -0.4 is 14.8 Å². The number of nitrogens with one attached hydrogen (secondary N) is 2. The van der Waals surface area contributed by atoms with Crippen molar-refractivity contribution in [3.63, 3.8) is 0 Å². The van der Waals surface area contributed by atoms with Crippen molar-refractivity contribution in [3.05, 3.63) is 48.3 Å². The molecule has 0 unspecified atom stereocenters. The van der Waals surface area contributed by atoms with Gasteiger partial charge in [-0.3, -0.25) is 15.0 Å². The lowest BCUT2D eigenvalue weighted by Gasteiger charge is -2.32. The Kier molecular flexibility index (Phi) is 6.16. The monoisotopic (exact) mass is 457 g/mol. The smallest absolute Gasteiger partial charge is 0.163 e. The van der Waals surface area contributed by atoms with E-state index in [1.165, 1.54) is 0 Å². The summed E-state index contributed by atoms with van der Waals surface area (Å²) in [5.41, 5.74) is 3.60. The van der Waals surface area contributed by atoms with Gasteiger partial charge in [0.15, 0.2) is 11.5 Å². The molecular formula is C25H27N7O2. The normalized spacial score (nSPS) is 14.9. The van der Waals surface area contributed by atoms with Gasteiger partial charge < -0.3 is 19.7 Å². The number of aromatic amines is 1. The van der Waals surface area contributed by atoms with Crippen LogP contribution in [0, 0.1) is 11.3 Å². The van der Waals surface area contributed by atoms with E-state index in [2.05, 4.69) is 43.4 Å². The minimum absolute atomic E-state index is 0.447. The zero-order valence-corrected chi connectivity index (χ0v) is 19.3. The zero-order valence-electron chi connectivity index (χ0n) is 19.3. The first-order chi connectivity index (χ1) is 16.6. The number of nitrogens with zero attached hydrogens (tertiary/aromatic N) is 5. The molecule has 2 N–H and O–H groups in total. The van der Waals surface area contributed by atoms with Crippen LogP contribution in [0.25, 0.3) is 21.8 Å². The highest BCUT2D eigenvalue weighted by Crippen LogP contribution is 2.37. The van der Waals surface area contributed by atoms with Gasteiger partial charge in [0.2, 0.25) is 0 Å². The molecule has 0 amide bonds. The van der Waals surface area contributed by atoms with Crippen LogP contribution in [0.3, 0.4) is 0 Å². The number of methoxy groups -OCH3 is 1. The molecule has 1 fully saturated rings. The second-order valence-electron chi connectivity index (χ2n) is 8.47. The number of pyridine rings is 1. The molecule has 2 aromatic carbocycles. The highest BCUT2D eigenvalue weighted by molar-refractivity contribution is 5.98. The molecule has 0 spiro atoms. The van der Waals surface area contributed by atoms with Crippen molar-refractivity contribution in [1.82, 2.24) is 25.0 Å². The van der Waals surface area contributed by atoms with Gasteiger partial charge >= 0.3 is 0 Å². The van der Waals surface area contributed by atoms with Crippen molar-refractivity contribution >= 4 is 33.2 Å². The van der Waals surface area contributed by atoms with Crippen molar-refractivity contribution in [3.8, 4) is 17.6 Å². The maximum atomic E-state index is 9.72. The Labute approximate surface area is 197 Å². The summed E-state index contributed by atoms with van der Waals surface area (Å²) in [5.74, 6) is 1.25. The van der Waals surface area contributed by atoms with Crippen LogP contribution in [0.4, 0.5) is 11.4 Å². The molecule has 2 aromatic heterocycles. The van der Waals surface area contributed by atoms with Gasteiger partial charge in [-0.15, -0.1) is 0 Å². The fraction of sp³-hybridized carbons (Fsp3) is 0.320. The van der Waals surface area contributed by atoms with Crippen LogP contribution in [0.5, 0.6) is 11.5 Å². The van der Waals surface area contributed by atoms with E-state index in [0.29, 0.717) is 29.4 Å². The maximum absolute atomic E-state index is 9.72. The van der Waals surface area contributed by atoms with Crippen molar-refractivity contribution in [2.75, 3.05) is 58.8 Å². The van der Waals surface area contributed by atoms with Gasteiger partial charge in [0.05, 0.1) is 35.6 Å². The standard InChI is InChI=1S/C25H27N7O2/c1-31-5-7-32(8-6-31)9-10-34-24-13-22-20(12-23(24)33-2)25(18(14-26)15-27-22)29-19-4-3-17-16-28-30-21(17)11-19/h3-4,11-13,15-16H,5-10H2,1-2H3,(H,27,29)(H,28,30). The summed E-state index contributed by atoms with van der Waals surface area (Å²) in [4.78, 5) is 9.25. The largest absolute Gasteiger partial charge is 0.493 e. The summed E-state index contributed by atoms with van der Waals surface area (Å²) in [5, 5.41) is 22.0. The van der Waals surface area contributed by atoms with E-state index < -0.39 is 0 Å². The lowest BCUT2D eigenvalue weighted by atomic mass is 10.1. The molecule has 4 aromatic rings. The topological polar surface area (TPSA) is 102 Å². The van der Waals surface area contributed by atoms with E-state index in [1.54, 1.807) is 19.5 Å². The summed E-state index contributed by atoms with van der Waals surface area (Å²) in [6.45, 7) is 5.68. The quantitative estimate of drug-likeness (QED) is 0.436. The van der Waals surface area contributed by atoms with E-state index in [-0.39, 0.29) is 0 Å². The molecule has 3 heterocycles. The third-order valence-corrected chi connectivity index (χ3v) is 6.25. The molecule has 9 nitrogen and oxygen atoms in total. The fourth-order valence-corrected chi connectivity index (χ4v) is 4.21. The van der Waals surface area contributed by atoms with Gasteiger partial charge in [0, 0.05) is 61.4 Å². The number of likely N-dealkylation sites (N-methyl/N-ethyl adjacent to an activating group) is 1. The number of H-pyrrole nitrogens is 1. The molecule has 1 aliphatic rings. The van der Waals surface area contributed by atoms with Gasteiger partial charge in [-0.25, -0.2) is 0 Å². The van der Waals surface area contributed by atoms with Crippen LogP contribution in [-0.2, 0) is 0 Å². The molecule has 0 aliphatic carbocycles. The first-order valence-electron chi connectivity index (χ1n) is 11.3. The van der Waals surface area contributed by atoms with E-state index in [0.717, 1.165) is 60.2 Å². The number of piperazine rings is 1. The van der Waals surface area contributed by atoms with Crippen molar-refractivity contribution in [2.45, 2.75) is 0 Å². The summed E-state index contributed by atoms with van der Waals surface area (Å²) >= 11 is 0. The van der Waals surface area contributed by atoms with Crippen molar-refractivity contribution in [1.29, 1.82) is 5.26 Å². The van der Waals surface area contributed by atoms with Gasteiger partial charge in [0.25, 0.3) is 0 Å². The molecular weight excluding hydrogens is 430 g/mol. The van der Waals surface area contributed by atoms with Crippen molar-refractivity contribution in [2.24, 2.45) is 0 Å². The number of fused-ring (bicyclic) bond motifs is 2. The fourth-order valence-electron chi connectivity index (χ4n) is 4.21. The third-order valence-electron chi connectivity index (χ3n) is 6.25. The van der Waals surface area contributed by atoms with E-state index in [1.807, 2.05) is 30.3 Å². The van der Waals surface area contributed by atoms with Gasteiger partial charge in [0.1, 0.15) is 12.7 Å². The first kappa shape index (κ1) is 21.9. The predicted molar refractivity (Wildman–Crippen MR) is 132 cm³/mol. The predicted octanol–water partition coefficient (Wildman–Crippen LogP) is 3.36. The first-order valence-corrected chi connectivity index (χ1v) is 11.3. The molecule has 0 saturated carbocycles. The lowest BCUT2D eigenvalue weighted by Crippen LogP contribution is -2.45. The summed E-state index contributed by atoms with van der Waals surface area (Å²) in [6, 6.07) is 11.9. The second kappa shape index (κ2) is 9.55. The number of benzene rings is 2. The summed E-state index contributed by atoms with van der Waals surface area (Å²) in [7, 11) is 3.77. The molecule has 9 heteroatoms. The Morgan fingerprint density at radius 1 is 1.12 bits per heavy atom. The Bertz CT molecular complexity index is 1350. The molecule has 0 bridgehead atoms. The van der Waals surface area contributed by atoms with Crippen LogP contribution in [-0.4, -0.2) is 78.5 Å². The molecule has 0 radical (unpaired) electrons. The Morgan fingerprint density at radius 3 is 2.76 bits per heavy atom. The Balaban J connectivity index is 1.41. The number of hydrogen-bond donors (Lipinski definition) is 2. The molecule has 174 valence electrons. The van der Waals surface area contributed by atoms with Gasteiger partial charge in [-0.1, -0.05) is 0 Å². The zero-order chi connectivity index (χ0) is 23.5. The lowest BCUT2D eigenvalue weighted by molar-refractivity contribution is 0.133. The van der Waals surface area contributed by atoms with Crippen molar-refractivity contribution < 1.29 is 9.47 Å². The minimum Gasteiger partial charge on any atom is -0.493 e. The third kappa shape index (κ3) is 4.46. The second-order valence-corrected chi connectivity index (χ2v) is 8.47. The number of hydrogen-bond acceptors (Lipinski definition) is 8. The van der Waals surface area contributed by atoms with Crippen LogP contribution in [0.15, 0.2) is 42.7 Å². The molecule has 1 saturated heterocycles. The number of ether oxygens (including phenoxy) is 2. The van der Waals surface area contributed by atoms with Crippen LogP contribution in [0.2, 0.25) is 0 Å². The Morgan fingerprint density at radius 2 is 1.97 bits per heavy atom. The van der Waals surface area contributed by atoms with Gasteiger partial charge in [-0.2, -0.15) is 10.4 Å². The SMILES string of the molecule is COc1cc2c(Nc3ccc4cn[nH]c4c3)c(C#N)cnc2cc1OCCN1CCN(C)CC1. The van der Waals surface area contributed by atoms with Gasteiger partial charge in [-0.05, 0) is 31.3 Å². The molecule has 5 rings (SSSR count). The number of aromatic nitrogens is 3. The minimum atomic E-state index is 0.447. The van der Waals surface area contributed by atoms with E-state index in [9.17, 15) is 5.26 Å². The van der Waals surface area contributed by atoms with Crippen LogP contribution in [0.1, 0.15) is 5.56 Å². The Hall–Kier alpha value is -3.87. The highest BCUT2D eigenvalue weighted by atomic mass is 16.5. The highest BCUT2D eigenvalue weighted by Gasteiger charge is 2.17. The summed E-state index contributed by atoms with van der Waals surface area (Å²) < 4.78 is 11.7. The average Bonchev–Trinajstić information content (AvgIpc) is 3.33. The number of rotatable bonds is 7. The van der Waals surface area contributed by atoms with E-state index in [4.69, 9.17) is 9.47 Å². The van der Waals surface area contributed by atoms with Crippen LogP contribution >= 0.6 is 0 Å².